The molecule has 15 N–H and O–H groups in total. The third kappa shape index (κ3) is 2560. The van der Waals surface area contributed by atoms with Gasteiger partial charge in [0.25, 0.3) is 0 Å². The fraction of sp³-hybridized carbons (Fsp3) is 0. The van der Waals surface area contributed by atoms with Crippen LogP contribution < -0.4 is 103 Å². The van der Waals surface area contributed by atoms with Crippen LogP contribution in [-0.2, 0) is 32.0 Å². The second kappa shape index (κ2) is 108. The van der Waals surface area contributed by atoms with Crippen LogP contribution in [0.15, 0.2) is 0 Å². The zero-order chi connectivity index (χ0) is 31.5. The van der Waals surface area contributed by atoms with Crippen LogP contribution >= 0.6 is 54.8 Å². The Morgan fingerprint density at radius 1 is 0.190 bits per heavy atom. The van der Waals surface area contributed by atoms with E-state index in [4.69, 9.17) is 135 Å². The van der Waals surface area contributed by atoms with Gasteiger partial charge >= 0.3 is 313 Å². The molecule has 0 spiro atoms. The van der Waals surface area contributed by atoms with E-state index >= 15 is 0 Å². The van der Waals surface area contributed by atoms with E-state index in [0.29, 0.717) is 0 Å². The summed E-state index contributed by atoms with van der Waals surface area (Å²) in [5, 5.41) is 0. The SMILES string of the molecule is O.O.O.O.O=P([O-])([O-])[O-].O=P([O-])([O-])[O-].O=P([O-])([O-])[O-].O=P([O-])([O-])[O-].O=P([O-])([O-])[O-].O=P([O-])([O-])[O-].O=P([O-])([O-])[O-].[Al+3].[Al+3].[Al+3].[Al+3].[Ca+2].[Ca+2].[Ca+2].[Ca+2].[Mg+2].[Mg+2].[Mg+2].[Mg+2].[OH-].[OH-].[OH-].[OH-].[OH-].[OH-].[OH-]. The van der Waals surface area contributed by atoms with E-state index in [1.165, 1.54) is 0 Å². The van der Waals surface area contributed by atoms with Crippen molar-refractivity contribution < 1.29 is 195 Å². The van der Waals surface area contributed by atoms with Crippen molar-refractivity contribution in [3.8, 4) is 0 Å². The molecule has 0 atom stereocenters. The summed E-state index contributed by atoms with van der Waals surface area (Å²) >= 11 is 0. The maximum atomic E-state index is 8.55. The van der Waals surface area contributed by atoms with Crippen LogP contribution in [-0.4, -0.2) is 373 Å². The molecule has 0 unspecified atom stereocenters. The minimum absolute atomic E-state index is 0. The molecule has 312 valence electrons. The Kier molecular flexibility index (Phi) is 393. The fourth-order valence-corrected chi connectivity index (χ4v) is 0. The van der Waals surface area contributed by atoms with Crippen molar-refractivity contribution in [2.45, 2.75) is 0 Å². The summed E-state index contributed by atoms with van der Waals surface area (Å²) < 4.78 is 59.8. The van der Waals surface area contributed by atoms with Gasteiger partial charge in [-0.15, -0.1) is 0 Å². The standard InChI is InChI=1S/4Al.4Ca.4Mg.7H3O4P.11H2O/c;;;;;;;;;;;;7*1-5(2,3)4;;;;;;;;;;;/h;;;;;;;;;;;;7*(H3,1,2,3,4);11*1H2/q4*+3;8*+2;;;;;;;;;;;;;;;;;;/p-28. The van der Waals surface area contributed by atoms with Crippen LogP contribution in [0.3, 0.4) is 0 Å². The molecule has 0 heterocycles. The maximum Gasteiger partial charge on any atom is 3.00 e. The molecule has 0 aromatic heterocycles. The Morgan fingerprint density at radius 2 is 0.190 bits per heavy atom. The number of phosphoric acid groups is 7. The molecule has 0 aromatic rings. The molecule has 0 aliphatic carbocycles. The van der Waals surface area contributed by atoms with Gasteiger partial charge in [-0.05, 0) is 0 Å². The molecule has 0 aromatic carbocycles. The first-order valence-electron chi connectivity index (χ1n) is 5.11. The second-order valence-electron chi connectivity index (χ2n) is 3.13. The van der Waals surface area contributed by atoms with Gasteiger partial charge in [-0.3, -0.25) is 0 Å². The summed E-state index contributed by atoms with van der Waals surface area (Å²) in [6.07, 6.45) is 0. The van der Waals surface area contributed by atoms with Gasteiger partial charge in [0, 0.05) is 0 Å². The third-order valence-corrected chi connectivity index (χ3v) is 0. The largest absolute Gasteiger partial charge is 3.00 e. The summed E-state index contributed by atoms with van der Waals surface area (Å²) in [4.78, 5) is 180. The smallest absolute Gasteiger partial charge is 0.870 e. The van der Waals surface area contributed by atoms with Gasteiger partial charge in [0.1, 0.15) is 0 Å². The molecule has 0 amide bonds. The Morgan fingerprint density at radius 3 is 0.190 bits per heavy atom. The van der Waals surface area contributed by atoms with Crippen molar-refractivity contribution >= 4 is 367 Å². The van der Waals surface area contributed by atoms with Gasteiger partial charge in [0.2, 0.25) is 0 Å². The molecular weight excluding hydrogens is 1210 g/mol. The van der Waals surface area contributed by atoms with E-state index < -0.39 is 54.8 Å². The summed E-state index contributed by atoms with van der Waals surface area (Å²) in [7, 11) is -37.7. The number of hydrogen-bond donors (Lipinski definition) is 0. The third-order valence-electron chi connectivity index (χ3n) is 0. The Bertz CT molecular complexity index is 610. The van der Waals surface area contributed by atoms with E-state index in [1.54, 1.807) is 0 Å². The molecule has 0 aliphatic heterocycles. The summed E-state index contributed by atoms with van der Waals surface area (Å²) in [5.41, 5.74) is 0. The minimum atomic E-state index is -5.39. The quantitative estimate of drug-likeness (QED) is 0.160. The molecule has 0 saturated carbocycles. The summed E-state index contributed by atoms with van der Waals surface area (Å²) in [5.74, 6) is 0. The Hall–Kier alpha value is 10.6. The van der Waals surface area contributed by atoms with Crippen molar-refractivity contribution in [1.29, 1.82) is 0 Å². The average molecular weight is 1220 g/mol. The summed E-state index contributed by atoms with van der Waals surface area (Å²) in [6.45, 7) is 0. The first-order chi connectivity index (χ1) is 14.0. The molecule has 0 saturated heterocycles. The van der Waals surface area contributed by atoms with E-state index in [-0.39, 0.29) is 373 Å². The van der Waals surface area contributed by atoms with Crippen molar-refractivity contribution in [2.75, 3.05) is 0 Å². The zero-order valence-electron chi connectivity index (χ0n) is 27.7. The molecular formula is H15Al4Ca4Mg4O39P7. The normalized spacial score (nSPS) is 7.12. The number of hydrogen-bond acceptors (Lipinski definition) is 35. The molecule has 0 bridgehead atoms. The van der Waals surface area contributed by atoms with Crippen LogP contribution in [0, 0.1) is 0 Å². The predicted octanol–water partition coefficient (Wildman–Crippen LogP) is -28.9. The molecule has 58 heavy (non-hydrogen) atoms. The van der Waals surface area contributed by atoms with Crippen molar-refractivity contribution in [3.05, 3.63) is 0 Å². The topological polar surface area (TPSA) is 940 Å². The second-order valence-corrected chi connectivity index (χ2v) is 9.39. The molecule has 0 rings (SSSR count). The molecule has 0 radical (unpaired) electrons. The Balaban J connectivity index is -0.00000000528. The summed E-state index contributed by atoms with van der Waals surface area (Å²) in [6, 6.07) is 0. The Labute approximate surface area is 551 Å². The van der Waals surface area contributed by atoms with Crippen LogP contribution in [0.1, 0.15) is 0 Å². The van der Waals surface area contributed by atoms with Crippen molar-refractivity contribution in [1.82, 2.24) is 0 Å². The van der Waals surface area contributed by atoms with Crippen LogP contribution in [0.25, 0.3) is 0 Å². The van der Waals surface area contributed by atoms with Gasteiger partial charge in [-0.2, -0.15) is 54.8 Å². The fourth-order valence-electron chi connectivity index (χ4n) is 0. The van der Waals surface area contributed by atoms with Crippen molar-refractivity contribution in [2.24, 2.45) is 0 Å². The van der Waals surface area contributed by atoms with E-state index in [2.05, 4.69) is 0 Å². The van der Waals surface area contributed by atoms with Gasteiger partial charge in [-0.1, -0.05) is 0 Å². The van der Waals surface area contributed by atoms with Crippen LogP contribution in [0.5, 0.6) is 0 Å². The predicted molar refractivity (Wildman–Crippen MR) is 150 cm³/mol. The van der Waals surface area contributed by atoms with Gasteiger partial charge < -0.3 is 195 Å². The van der Waals surface area contributed by atoms with E-state index in [9.17, 15) is 0 Å². The monoisotopic (exact) mass is 1220 g/mol. The van der Waals surface area contributed by atoms with Gasteiger partial charge in [0.05, 0.1) is 0 Å². The van der Waals surface area contributed by atoms with Crippen molar-refractivity contribution in [3.63, 3.8) is 0 Å². The van der Waals surface area contributed by atoms with E-state index in [0.717, 1.165) is 0 Å². The zero-order valence-corrected chi connectivity index (χ0v) is 53.0. The van der Waals surface area contributed by atoms with Crippen LogP contribution in [0.2, 0.25) is 0 Å². The first-order valence-corrected chi connectivity index (χ1v) is 15.3. The number of rotatable bonds is 0. The molecule has 39 nitrogen and oxygen atoms in total. The minimum Gasteiger partial charge on any atom is -0.870 e. The van der Waals surface area contributed by atoms with Crippen LogP contribution in [0.4, 0.5) is 0 Å². The molecule has 0 aliphatic rings. The van der Waals surface area contributed by atoms with E-state index in [1.807, 2.05) is 0 Å². The maximum absolute atomic E-state index is 8.55. The molecule has 0 fully saturated rings. The molecule has 58 heteroatoms. The average Bonchev–Trinajstić information content (AvgIpc) is 2.06. The van der Waals surface area contributed by atoms with Gasteiger partial charge in [0.15, 0.2) is 0 Å². The van der Waals surface area contributed by atoms with Gasteiger partial charge in [-0.25, -0.2) is 0 Å². The first kappa shape index (κ1) is 210.